The van der Waals surface area contributed by atoms with Crippen molar-refractivity contribution in [2.75, 3.05) is 25.6 Å². The Hall–Kier alpha value is -2.82. The quantitative estimate of drug-likeness (QED) is 0.553. The van der Waals surface area contributed by atoms with Crippen molar-refractivity contribution in [1.29, 1.82) is 0 Å². The second-order valence-corrected chi connectivity index (χ2v) is 6.32. The van der Waals surface area contributed by atoms with E-state index in [1.165, 1.54) is 18.4 Å². The number of ether oxygens (including phenoxy) is 1. The third-order valence-corrected chi connectivity index (χ3v) is 3.92. The summed E-state index contributed by atoms with van der Waals surface area (Å²) in [5.74, 6) is 0.393. The largest absolute Gasteiger partial charge is 0.484 e. The van der Waals surface area contributed by atoms with Crippen LogP contribution in [0.5, 0.6) is 5.75 Å². The number of hydrogen-bond donors (Lipinski definition) is 1. The summed E-state index contributed by atoms with van der Waals surface area (Å²) in [7, 11) is 3.98. The summed E-state index contributed by atoms with van der Waals surface area (Å²) >= 11 is 0. The maximum atomic E-state index is 11.8. The van der Waals surface area contributed by atoms with Gasteiger partial charge in [-0.25, -0.2) is 5.43 Å². The van der Waals surface area contributed by atoms with Crippen molar-refractivity contribution in [3.8, 4) is 5.75 Å². The van der Waals surface area contributed by atoms with Gasteiger partial charge in [0.25, 0.3) is 5.91 Å². The van der Waals surface area contributed by atoms with Crippen LogP contribution in [-0.4, -0.2) is 32.8 Å². The van der Waals surface area contributed by atoms with E-state index in [0.29, 0.717) is 5.75 Å². The van der Waals surface area contributed by atoms with E-state index in [0.717, 1.165) is 17.7 Å². The smallest absolute Gasteiger partial charge is 0.277 e. The standard InChI is InChI=1S/C21H27N3O2/c1-4-5-6-17-9-13-20(14-10-17)26-16-21(25)23-22-15-18-7-11-19(12-8-18)24(2)3/h7-15H,4-6,16H2,1-3H3,(H,23,25)/b22-15+. The van der Waals surface area contributed by atoms with Crippen LogP contribution in [0.4, 0.5) is 5.69 Å². The molecular weight excluding hydrogens is 326 g/mol. The number of hydrogen-bond acceptors (Lipinski definition) is 4. The van der Waals surface area contributed by atoms with E-state index in [1.54, 1.807) is 6.21 Å². The Labute approximate surface area is 155 Å². The molecular formula is C21H27N3O2. The van der Waals surface area contributed by atoms with E-state index < -0.39 is 0 Å². The molecule has 0 unspecified atom stereocenters. The van der Waals surface area contributed by atoms with E-state index in [1.807, 2.05) is 67.5 Å². The number of hydrazone groups is 1. The maximum absolute atomic E-state index is 11.8. The normalized spacial score (nSPS) is 10.7. The van der Waals surface area contributed by atoms with Gasteiger partial charge >= 0.3 is 0 Å². The van der Waals surface area contributed by atoms with Crippen LogP contribution in [0.3, 0.4) is 0 Å². The van der Waals surface area contributed by atoms with Gasteiger partial charge in [0.1, 0.15) is 5.75 Å². The summed E-state index contributed by atoms with van der Waals surface area (Å²) < 4.78 is 5.48. The average molecular weight is 353 g/mol. The van der Waals surface area contributed by atoms with Gasteiger partial charge < -0.3 is 9.64 Å². The Kier molecular flexibility index (Phi) is 7.68. The fraction of sp³-hybridized carbons (Fsp3) is 0.333. The lowest BCUT2D eigenvalue weighted by molar-refractivity contribution is -0.123. The molecule has 2 rings (SSSR count). The van der Waals surface area contributed by atoms with Gasteiger partial charge in [0, 0.05) is 19.8 Å². The Morgan fingerprint density at radius 2 is 1.81 bits per heavy atom. The molecule has 2 aromatic carbocycles. The molecule has 0 spiro atoms. The maximum Gasteiger partial charge on any atom is 0.277 e. The van der Waals surface area contributed by atoms with Gasteiger partial charge in [-0.1, -0.05) is 37.6 Å². The number of benzene rings is 2. The minimum Gasteiger partial charge on any atom is -0.484 e. The molecule has 0 aromatic heterocycles. The summed E-state index contributed by atoms with van der Waals surface area (Å²) in [5.41, 5.74) is 5.79. The number of carbonyl (C=O) groups is 1. The second-order valence-electron chi connectivity index (χ2n) is 6.32. The van der Waals surface area contributed by atoms with Crippen LogP contribution in [0.2, 0.25) is 0 Å². The zero-order chi connectivity index (χ0) is 18.8. The molecule has 5 nitrogen and oxygen atoms in total. The van der Waals surface area contributed by atoms with Gasteiger partial charge in [0.2, 0.25) is 0 Å². The van der Waals surface area contributed by atoms with Crippen LogP contribution in [0.25, 0.3) is 0 Å². The van der Waals surface area contributed by atoms with E-state index in [-0.39, 0.29) is 12.5 Å². The van der Waals surface area contributed by atoms with Crippen LogP contribution in [-0.2, 0) is 11.2 Å². The summed E-state index contributed by atoms with van der Waals surface area (Å²) in [6.07, 6.45) is 5.04. The molecule has 0 aliphatic rings. The first kappa shape index (κ1) is 19.5. The zero-order valence-corrected chi connectivity index (χ0v) is 15.7. The van der Waals surface area contributed by atoms with Gasteiger partial charge in [-0.3, -0.25) is 4.79 Å². The van der Waals surface area contributed by atoms with Crippen molar-refractivity contribution < 1.29 is 9.53 Å². The highest BCUT2D eigenvalue weighted by Gasteiger charge is 2.02. The Morgan fingerprint density at radius 1 is 1.12 bits per heavy atom. The van der Waals surface area contributed by atoms with Crippen LogP contribution in [0.1, 0.15) is 30.9 Å². The summed E-state index contributed by atoms with van der Waals surface area (Å²) in [4.78, 5) is 13.8. The molecule has 2 aromatic rings. The zero-order valence-electron chi connectivity index (χ0n) is 15.7. The number of nitrogens with zero attached hydrogens (tertiary/aromatic N) is 2. The topological polar surface area (TPSA) is 53.9 Å². The van der Waals surface area contributed by atoms with Crippen molar-refractivity contribution in [1.82, 2.24) is 5.43 Å². The van der Waals surface area contributed by atoms with E-state index >= 15 is 0 Å². The second kappa shape index (κ2) is 10.2. The predicted octanol–water partition coefficient (Wildman–Crippen LogP) is 3.62. The first-order valence-corrected chi connectivity index (χ1v) is 8.89. The minimum atomic E-state index is -0.291. The molecule has 0 fully saturated rings. The number of anilines is 1. The highest BCUT2D eigenvalue weighted by Crippen LogP contribution is 2.14. The Morgan fingerprint density at radius 3 is 2.42 bits per heavy atom. The summed E-state index contributed by atoms with van der Waals surface area (Å²) in [5, 5.41) is 3.96. The van der Waals surface area contributed by atoms with Crippen molar-refractivity contribution in [3.05, 3.63) is 59.7 Å². The molecule has 0 atom stereocenters. The first-order chi connectivity index (χ1) is 12.6. The third kappa shape index (κ3) is 6.59. The Bertz CT molecular complexity index is 707. The molecule has 0 aliphatic heterocycles. The average Bonchev–Trinajstić information content (AvgIpc) is 2.66. The van der Waals surface area contributed by atoms with Crippen molar-refractivity contribution in [2.45, 2.75) is 26.2 Å². The number of rotatable bonds is 9. The van der Waals surface area contributed by atoms with Crippen LogP contribution in [0.15, 0.2) is 53.6 Å². The highest BCUT2D eigenvalue weighted by atomic mass is 16.5. The number of unbranched alkanes of at least 4 members (excludes halogenated alkanes) is 1. The molecule has 0 heterocycles. The molecule has 0 saturated heterocycles. The monoisotopic (exact) mass is 353 g/mol. The lowest BCUT2D eigenvalue weighted by Crippen LogP contribution is -2.24. The van der Waals surface area contributed by atoms with Gasteiger partial charge in [-0.05, 0) is 48.2 Å². The molecule has 0 aliphatic carbocycles. The van der Waals surface area contributed by atoms with Gasteiger partial charge in [-0.2, -0.15) is 5.10 Å². The van der Waals surface area contributed by atoms with Crippen molar-refractivity contribution in [3.63, 3.8) is 0 Å². The molecule has 138 valence electrons. The minimum absolute atomic E-state index is 0.0643. The fourth-order valence-electron chi connectivity index (χ4n) is 2.35. The molecule has 5 heteroatoms. The molecule has 1 N–H and O–H groups in total. The van der Waals surface area contributed by atoms with E-state index in [9.17, 15) is 4.79 Å². The van der Waals surface area contributed by atoms with E-state index in [2.05, 4.69) is 17.5 Å². The van der Waals surface area contributed by atoms with E-state index in [4.69, 9.17) is 4.74 Å². The van der Waals surface area contributed by atoms with Gasteiger partial charge in [0.05, 0.1) is 6.21 Å². The van der Waals surface area contributed by atoms with Crippen LogP contribution < -0.4 is 15.1 Å². The molecule has 0 bridgehead atoms. The Balaban J connectivity index is 1.74. The SMILES string of the molecule is CCCCc1ccc(OCC(=O)N/N=C/c2ccc(N(C)C)cc2)cc1. The number of nitrogens with one attached hydrogen (secondary N) is 1. The summed E-state index contributed by atoms with van der Waals surface area (Å²) in [6, 6.07) is 15.8. The van der Waals surface area contributed by atoms with Crippen molar-refractivity contribution in [2.24, 2.45) is 5.10 Å². The van der Waals surface area contributed by atoms with Gasteiger partial charge in [-0.15, -0.1) is 0 Å². The third-order valence-electron chi connectivity index (χ3n) is 3.92. The van der Waals surface area contributed by atoms with Crippen molar-refractivity contribution >= 4 is 17.8 Å². The fourth-order valence-corrected chi connectivity index (χ4v) is 2.35. The number of carbonyl (C=O) groups excluding carboxylic acids is 1. The number of aryl methyl sites for hydroxylation is 1. The predicted molar refractivity (Wildman–Crippen MR) is 107 cm³/mol. The van der Waals surface area contributed by atoms with Crippen LogP contribution >= 0.6 is 0 Å². The van der Waals surface area contributed by atoms with Crippen LogP contribution in [0, 0.1) is 0 Å². The molecule has 26 heavy (non-hydrogen) atoms. The molecule has 0 radical (unpaired) electrons. The summed E-state index contributed by atoms with van der Waals surface area (Å²) in [6.45, 7) is 2.11. The van der Waals surface area contributed by atoms with Gasteiger partial charge in [0.15, 0.2) is 6.61 Å². The first-order valence-electron chi connectivity index (χ1n) is 8.89. The lowest BCUT2D eigenvalue weighted by atomic mass is 10.1. The number of amides is 1. The molecule has 0 saturated carbocycles. The lowest BCUT2D eigenvalue weighted by Gasteiger charge is -2.11. The molecule has 1 amide bonds. The highest BCUT2D eigenvalue weighted by molar-refractivity contribution is 5.83.